The predicted octanol–water partition coefficient (Wildman–Crippen LogP) is 2.22. The van der Waals surface area contributed by atoms with Gasteiger partial charge in [-0.3, -0.25) is 0 Å². The van der Waals surface area contributed by atoms with Gasteiger partial charge in [-0.25, -0.2) is 8.42 Å². The molecule has 1 fully saturated rings. The zero-order valence-electron chi connectivity index (χ0n) is 10.0. The van der Waals surface area contributed by atoms with Crippen LogP contribution in [0.5, 0.6) is 0 Å². The van der Waals surface area contributed by atoms with Crippen LogP contribution in [0.15, 0.2) is 29.2 Å². The number of rotatable bonds is 3. The molecule has 0 aromatic heterocycles. The molecule has 0 amide bonds. The summed E-state index contributed by atoms with van der Waals surface area (Å²) in [6.45, 7) is 0.411. The van der Waals surface area contributed by atoms with Crippen molar-refractivity contribution in [3.8, 4) is 0 Å². The minimum Gasteiger partial charge on any atom is -0.330 e. The maximum atomic E-state index is 12.6. The first-order chi connectivity index (χ1) is 8.75. The molecule has 0 radical (unpaired) electrons. The van der Waals surface area contributed by atoms with Gasteiger partial charge in [0.15, 0.2) is 9.84 Å². The number of sulfone groups is 1. The fourth-order valence-electron chi connectivity index (χ4n) is 2.16. The smallest absolute Gasteiger partial charge is 0.330 e. The quantitative estimate of drug-likeness (QED) is 0.929. The number of hydrogen-bond acceptors (Lipinski definition) is 3. The summed E-state index contributed by atoms with van der Waals surface area (Å²) in [6.07, 6.45) is -3.69. The first-order valence-electron chi connectivity index (χ1n) is 5.86. The van der Waals surface area contributed by atoms with Crippen LogP contribution in [0, 0.1) is 5.92 Å². The van der Waals surface area contributed by atoms with Crippen LogP contribution in [0.3, 0.4) is 0 Å². The van der Waals surface area contributed by atoms with E-state index in [0.29, 0.717) is 25.5 Å². The van der Waals surface area contributed by atoms with Gasteiger partial charge in [0, 0.05) is 0 Å². The van der Waals surface area contributed by atoms with E-state index in [2.05, 4.69) is 0 Å². The second-order valence-electron chi connectivity index (χ2n) is 4.77. The molecule has 1 aliphatic rings. The number of alkyl halides is 3. The second kappa shape index (κ2) is 4.79. The van der Waals surface area contributed by atoms with E-state index >= 15 is 0 Å². The SMILES string of the molecule is NC[C@H]1C[C@@H](S(=O)(=O)c2cccc(C(F)(F)F)c2)C1. The highest BCUT2D eigenvalue weighted by molar-refractivity contribution is 7.92. The monoisotopic (exact) mass is 293 g/mol. The van der Waals surface area contributed by atoms with Gasteiger partial charge in [0.2, 0.25) is 0 Å². The van der Waals surface area contributed by atoms with Crippen molar-refractivity contribution in [2.24, 2.45) is 11.7 Å². The lowest BCUT2D eigenvalue weighted by atomic mass is 9.85. The van der Waals surface area contributed by atoms with Crippen LogP contribution in [0.1, 0.15) is 18.4 Å². The van der Waals surface area contributed by atoms with Gasteiger partial charge in [-0.1, -0.05) is 6.07 Å². The molecule has 0 atom stereocenters. The van der Waals surface area contributed by atoms with E-state index in [4.69, 9.17) is 5.73 Å². The third-order valence-electron chi connectivity index (χ3n) is 3.45. The van der Waals surface area contributed by atoms with Crippen LogP contribution in [-0.4, -0.2) is 20.2 Å². The van der Waals surface area contributed by atoms with Gasteiger partial charge in [0.05, 0.1) is 15.7 Å². The Balaban J connectivity index is 2.27. The Hall–Kier alpha value is -1.08. The largest absolute Gasteiger partial charge is 0.416 e. The number of hydrogen-bond donors (Lipinski definition) is 1. The summed E-state index contributed by atoms with van der Waals surface area (Å²) in [5.41, 5.74) is 4.47. The topological polar surface area (TPSA) is 60.2 Å². The van der Waals surface area contributed by atoms with Crippen LogP contribution in [-0.2, 0) is 16.0 Å². The number of halogens is 3. The normalized spacial score (nSPS) is 24.0. The number of benzene rings is 1. The van der Waals surface area contributed by atoms with Crippen molar-refractivity contribution in [2.75, 3.05) is 6.54 Å². The molecule has 3 nitrogen and oxygen atoms in total. The summed E-state index contributed by atoms with van der Waals surface area (Å²) in [6, 6.07) is 3.89. The molecule has 106 valence electrons. The minimum absolute atomic E-state index is 0.158. The maximum Gasteiger partial charge on any atom is 0.416 e. The van der Waals surface area contributed by atoms with E-state index in [0.717, 1.165) is 12.1 Å². The van der Waals surface area contributed by atoms with Gasteiger partial charge in [0.1, 0.15) is 0 Å². The van der Waals surface area contributed by atoms with Crippen molar-refractivity contribution in [3.63, 3.8) is 0 Å². The molecule has 0 heterocycles. The molecule has 0 unspecified atom stereocenters. The Kier molecular flexibility index (Phi) is 3.61. The molecule has 1 aromatic carbocycles. The highest BCUT2D eigenvalue weighted by Gasteiger charge is 2.39. The fourth-order valence-corrected chi connectivity index (χ4v) is 4.16. The first-order valence-corrected chi connectivity index (χ1v) is 7.41. The van der Waals surface area contributed by atoms with Crippen LogP contribution < -0.4 is 5.73 Å². The van der Waals surface area contributed by atoms with Gasteiger partial charge >= 0.3 is 6.18 Å². The Bertz CT molecular complexity index is 563. The zero-order valence-corrected chi connectivity index (χ0v) is 10.8. The van der Waals surface area contributed by atoms with E-state index in [1.54, 1.807) is 0 Å². The van der Waals surface area contributed by atoms with Crippen molar-refractivity contribution < 1.29 is 21.6 Å². The summed E-state index contributed by atoms with van der Waals surface area (Å²) < 4.78 is 62.0. The molecule has 1 saturated carbocycles. The average Bonchev–Trinajstić information content (AvgIpc) is 2.26. The molecule has 2 N–H and O–H groups in total. The van der Waals surface area contributed by atoms with Gasteiger partial charge in [-0.15, -0.1) is 0 Å². The van der Waals surface area contributed by atoms with E-state index in [1.165, 1.54) is 6.07 Å². The Morgan fingerprint density at radius 3 is 2.42 bits per heavy atom. The van der Waals surface area contributed by atoms with Crippen LogP contribution in [0.2, 0.25) is 0 Å². The van der Waals surface area contributed by atoms with Gasteiger partial charge < -0.3 is 5.73 Å². The van der Waals surface area contributed by atoms with E-state index in [9.17, 15) is 21.6 Å². The van der Waals surface area contributed by atoms with Crippen molar-refractivity contribution in [1.29, 1.82) is 0 Å². The Labute approximate surface area is 109 Å². The molecule has 2 rings (SSSR count). The first kappa shape index (κ1) is 14.3. The van der Waals surface area contributed by atoms with E-state index in [-0.39, 0.29) is 10.8 Å². The Morgan fingerprint density at radius 2 is 1.89 bits per heavy atom. The molecule has 0 bridgehead atoms. The lowest BCUT2D eigenvalue weighted by Crippen LogP contribution is -2.39. The molecule has 0 saturated heterocycles. The van der Waals surface area contributed by atoms with Crippen LogP contribution in [0.25, 0.3) is 0 Å². The zero-order chi connectivity index (χ0) is 14.3. The van der Waals surface area contributed by atoms with Crippen molar-refractivity contribution in [2.45, 2.75) is 29.2 Å². The third kappa shape index (κ3) is 2.76. The summed E-state index contributed by atoms with van der Waals surface area (Å²) in [5, 5.41) is -0.607. The van der Waals surface area contributed by atoms with Crippen molar-refractivity contribution in [3.05, 3.63) is 29.8 Å². The fraction of sp³-hybridized carbons (Fsp3) is 0.500. The average molecular weight is 293 g/mol. The van der Waals surface area contributed by atoms with Crippen LogP contribution >= 0.6 is 0 Å². The van der Waals surface area contributed by atoms with E-state index in [1.807, 2.05) is 0 Å². The maximum absolute atomic E-state index is 12.6. The standard InChI is InChI=1S/C12H14F3NO2S/c13-12(14,15)9-2-1-3-10(6-9)19(17,18)11-4-8(5-11)7-16/h1-3,6,8,11H,4-5,7,16H2/t8-,11+. The molecular formula is C12H14F3NO2S. The molecule has 19 heavy (non-hydrogen) atoms. The summed E-state index contributed by atoms with van der Waals surface area (Å²) in [5.74, 6) is 0.158. The highest BCUT2D eigenvalue weighted by Crippen LogP contribution is 2.37. The van der Waals surface area contributed by atoms with E-state index < -0.39 is 26.8 Å². The second-order valence-corrected chi connectivity index (χ2v) is 6.99. The summed E-state index contributed by atoms with van der Waals surface area (Å²) in [4.78, 5) is -0.261. The molecule has 1 aliphatic carbocycles. The molecule has 7 heteroatoms. The highest BCUT2D eigenvalue weighted by atomic mass is 32.2. The molecule has 1 aromatic rings. The summed E-state index contributed by atoms with van der Waals surface area (Å²) in [7, 11) is -3.68. The predicted molar refractivity (Wildman–Crippen MR) is 64.2 cm³/mol. The van der Waals surface area contributed by atoms with Gasteiger partial charge in [-0.2, -0.15) is 13.2 Å². The summed E-state index contributed by atoms with van der Waals surface area (Å²) >= 11 is 0. The van der Waals surface area contributed by atoms with Crippen LogP contribution in [0.4, 0.5) is 13.2 Å². The van der Waals surface area contributed by atoms with Gasteiger partial charge in [0.25, 0.3) is 0 Å². The Morgan fingerprint density at radius 1 is 1.26 bits per heavy atom. The van der Waals surface area contributed by atoms with Crippen molar-refractivity contribution in [1.82, 2.24) is 0 Å². The molecular weight excluding hydrogens is 279 g/mol. The third-order valence-corrected chi connectivity index (χ3v) is 5.63. The lowest BCUT2D eigenvalue weighted by molar-refractivity contribution is -0.137. The van der Waals surface area contributed by atoms with Gasteiger partial charge in [-0.05, 0) is 43.5 Å². The minimum atomic E-state index is -4.54. The van der Waals surface area contributed by atoms with Crippen molar-refractivity contribution >= 4 is 9.84 Å². The molecule has 0 spiro atoms. The molecule has 0 aliphatic heterocycles. The number of nitrogens with two attached hydrogens (primary N) is 1. The lowest BCUT2D eigenvalue weighted by Gasteiger charge is -2.33.